The largest absolute Gasteiger partial charge is 0.491 e. The van der Waals surface area contributed by atoms with E-state index in [2.05, 4.69) is 9.83 Å². The van der Waals surface area contributed by atoms with E-state index in [4.69, 9.17) is 22.9 Å². The van der Waals surface area contributed by atoms with Crippen LogP contribution < -0.4 is 4.74 Å². The molecule has 0 bridgehead atoms. The van der Waals surface area contributed by atoms with E-state index in [0.717, 1.165) is 22.6 Å². The molecule has 21 heavy (non-hydrogen) atoms. The molecule has 0 amide bonds. The van der Waals surface area contributed by atoms with Crippen LogP contribution in [0.25, 0.3) is 4.85 Å². The van der Waals surface area contributed by atoms with Gasteiger partial charge in [-0.05, 0) is 38.5 Å². The zero-order valence-corrected chi connectivity index (χ0v) is 13.1. The van der Waals surface area contributed by atoms with Crippen molar-refractivity contribution in [1.82, 2.24) is 4.98 Å². The van der Waals surface area contributed by atoms with Crippen LogP contribution in [0.5, 0.6) is 5.75 Å². The Hall–Kier alpha value is -2.05. The van der Waals surface area contributed by atoms with E-state index in [1.165, 1.54) is 0 Å². The number of nitrogens with zero attached hydrogens (tertiary/aromatic N) is 2. The van der Waals surface area contributed by atoms with Gasteiger partial charge in [0.1, 0.15) is 5.75 Å². The third-order valence-electron chi connectivity index (χ3n) is 3.15. The normalized spacial score (nSPS) is 10.5. The topological polar surface area (TPSA) is 26.5 Å². The van der Waals surface area contributed by atoms with Gasteiger partial charge in [-0.25, -0.2) is 4.85 Å². The third-order valence-corrected chi connectivity index (χ3v) is 3.50. The Balaban J connectivity index is 2.30. The minimum atomic E-state index is 0.125. The van der Waals surface area contributed by atoms with Gasteiger partial charge in [-0.15, -0.1) is 0 Å². The molecule has 2 aromatic rings. The van der Waals surface area contributed by atoms with E-state index in [1.807, 2.05) is 32.9 Å². The average molecular weight is 301 g/mol. The van der Waals surface area contributed by atoms with Crippen molar-refractivity contribution in [3.8, 4) is 5.75 Å². The first kappa shape index (κ1) is 15.3. The maximum atomic E-state index is 7.00. The van der Waals surface area contributed by atoms with Crippen LogP contribution in [0.15, 0.2) is 30.5 Å². The highest BCUT2D eigenvalue weighted by molar-refractivity contribution is 6.31. The fourth-order valence-corrected chi connectivity index (χ4v) is 2.29. The lowest BCUT2D eigenvalue weighted by atomic mass is 10.0. The summed E-state index contributed by atoms with van der Waals surface area (Å²) in [5.41, 5.74) is 3.47. The number of rotatable bonds is 4. The van der Waals surface area contributed by atoms with Gasteiger partial charge in [-0.2, -0.15) is 0 Å². The van der Waals surface area contributed by atoms with Crippen LogP contribution >= 0.6 is 11.6 Å². The fourth-order valence-electron chi connectivity index (χ4n) is 2.05. The summed E-state index contributed by atoms with van der Waals surface area (Å²) in [5, 5.41) is 0.597. The number of pyridine rings is 1. The molecule has 0 spiro atoms. The van der Waals surface area contributed by atoms with E-state index in [1.54, 1.807) is 18.3 Å². The highest BCUT2D eigenvalue weighted by Crippen LogP contribution is 2.27. The molecule has 0 aliphatic rings. The maximum absolute atomic E-state index is 7.00. The van der Waals surface area contributed by atoms with Crippen molar-refractivity contribution in [3.63, 3.8) is 0 Å². The van der Waals surface area contributed by atoms with Gasteiger partial charge >= 0.3 is 0 Å². The molecule has 0 fully saturated rings. The quantitative estimate of drug-likeness (QED) is 0.745. The standard InChI is InChI=1S/C17H17ClN2O/c1-11(2)21-17-7-8-20-16(12(17)3)9-13-5-6-14(19-4)10-15(13)18/h5-8,10-11H,9H2,1-3H3. The van der Waals surface area contributed by atoms with Crippen molar-refractivity contribution in [2.45, 2.75) is 33.3 Å². The molecule has 0 saturated carbocycles. The van der Waals surface area contributed by atoms with Crippen molar-refractivity contribution in [2.24, 2.45) is 0 Å². The molecule has 1 aromatic heterocycles. The first-order valence-electron chi connectivity index (χ1n) is 6.78. The highest BCUT2D eigenvalue weighted by Gasteiger charge is 2.10. The highest BCUT2D eigenvalue weighted by atomic mass is 35.5. The molecule has 3 nitrogen and oxygen atoms in total. The van der Waals surface area contributed by atoms with Gasteiger partial charge < -0.3 is 4.74 Å². The fraction of sp³-hybridized carbons (Fsp3) is 0.294. The smallest absolute Gasteiger partial charge is 0.188 e. The van der Waals surface area contributed by atoms with E-state index in [0.29, 0.717) is 17.1 Å². The molecule has 1 heterocycles. The van der Waals surface area contributed by atoms with Crippen LogP contribution in [-0.2, 0) is 6.42 Å². The summed E-state index contributed by atoms with van der Waals surface area (Å²) in [6.45, 7) is 13.0. The Morgan fingerprint density at radius 1 is 1.33 bits per heavy atom. The molecule has 4 heteroatoms. The molecule has 0 aliphatic heterocycles. The summed E-state index contributed by atoms with van der Waals surface area (Å²) in [5.74, 6) is 0.851. The zero-order chi connectivity index (χ0) is 15.4. The van der Waals surface area contributed by atoms with E-state index >= 15 is 0 Å². The second-order valence-corrected chi connectivity index (χ2v) is 5.52. The van der Waals surface area contributed by atoms with Crippen molar-refractivity contribution < 1.29 is 4.74 Å². The van der Waals surface area contributed by atoms with Gasteiger partial charge in [-0.1, -0.05) is 23.7 Å². The van der Waals surface area contributed by atoms with Gasteiger partial charge in [0.15, 0.2) is 5.69 Å². The SMILES string of the molecule is [C-]#[N+]c1ccc(Cc2nccc(OC(C)C)c2C)c(Cl)c1. The van der Waals surface area contributed by atoms with Crippen LogP contribution in [0, 0.1) is 13.5 Å². The second kappa shape index (κ2) is 6.60. The number of ether oxygens (including phenoxy) is 1. The molecule has 0 unspecified atom stereocenters. The van der Waals surface area contributed by atoms with Gasteiger partial charge in [-0.3, -0.25) is 4.98 Å². The van der Waals surface area contributed by atoms with Crippen molar-refractivity contribution >= 4 is 17.3 Å². The second-order valence-electron chi connectivity index (χ2n) is 5.11. The third kappa shape index (κ3) is 3.74. The average Bonchev–Trinajstić information content (AvgIpc) is 2.44. The van der Waals surface area contributed by atoms with Crippen molar-refractivity contribution in [1.29, 1.82) is 0 Å². The summed E-state index contributed by atoms with van der Waals surface area (Å²) in [4.78, 5) is 7.80. The first-order chi connectivity index (χ1) is 10.0. The summed E-state index contributed by atoms with van der Waals surface area (Å²) in [6.07, 6.45) is 2.50. The Kier molecular flexibility index (Phi) is 4.82. The van der Waals surface area contributed by atoms with Gasteiger partial charge in [0.2, 0.25) is 0 Å². The summed E-state index contributed by atoms with van der Waals surface area (Å²) in [6, 6.07) is 7.22. The lowest BCUT2D eigenvalue weighted by molar-refractivity contribution is 0.240. The molecule has 0 N–H and O–H groups in total. The minimum Gasteiger partial charge on any atom is -0.491 e. The Labute approximate surface area is 130 Å². The Morgan fingerprint density at radius 2 is 2.10 bits per heavy atom. The predicted molar refractivity (Wildman–Crippen MR) is 85.3 cm³/mol. The molecule has 1 aromatic carbocycles. The lowest BCUT2D eigenvalue weighted by Gasteiger charge is -2.15. The Bertz CT molecular complexity index is 690. The van der Waals surface area contributed by atoms with Crippen LogP contribution in [0.3, 0.4) is 0 Å². The van der Waals surface area contributed by atoms with E-state index in [9.17, 15) is 0 Å². The molecule has 0 saturated heterocycles. The monoisotopic (exact) mass is 300 g/mol. The molecule has 0 radical (unpaired) electrons. The maximum Gasteiger partial charge on any atom is 0.188 e. The minimum absolute atomic E-state index is 0.125. The Morgan fingerprint density at radius 3 is 2.71 bits per heavy atom. The zero-order valence-electron chi connectivity index (χ0n) is 12.4. The van der Waals surface area contributed by atoms with E-state index < -0.39 is 0 Å². The van der Waals surface area contributed by atoms with Crippen molar-refractivity contribution in [3.05, 3.63) is 63.7 Å². The number of hydrogen-bond acceptors (Lipinski definition) is 2. The first-order valence-corrected chi connectivity index (χ1v) is 7.16. The van der Waals surface area contributed by atoms with Gasteiger partial charge in [0, 0.05) is 23.2 Å². The number of halogens is 1. The molecule has 0 aliphatic carbocycles. The van der Waals surface area contributed by atoms with E-state index in [-0.39, 0.29) is 6.10 Å². The van der Waals surface area contributed by atoms with Gasteiger partial charge in [0.05, 0.1) is 18.4 Å². The number of benzene rings is 1. The lowest BCUT2D eigenvalue weighted by Crippen LogP contribution is -2.08. The number of hydrogen-bond donors (Lipinski definition) is 0. The van der Waals surface area contributed by atoms with Crippen LogP contribution in [-0.4, -0.2) is 11.1 Å². The van der Waals surface area contributed by atoms with Gasteiger partial charge in [0.25, 0.3) is 0 Å². The van der Waals surface area contributed by atoms with Crippen LogP contribution in [0.1, 0.15) is 30.7 Å². The summed E-state index contributed by atoms with van der Waals surface area (Å²) < 4.78 is 5.78. The molecule has 2 rings (SSSR count). The number of aromatic nitrogens is 1. The van der Waals surface area contributed by atoms with Crippen LogP contribution in [0.4, 0.5) is 5.69 Å². The molecule has 0 atom stereocenters. The summed E-state index contributed by atoms with van der Waals surface area (Å²) in [7, 11) is 0. The molecule has 108 valence electrons. The van der Waals surface area contributed by atoms with Crippen LogP contribution in [0.2, 0.25) is 5.02 Å². The predicted octanol–water partition coefficient (Wildman–Crippen LogP) is 4.97. The molecular weight excluding hydrogens is 284 g/mol. The molecular formula is C17H17ClN2O. The summed E-state index contributed by atoms with van der Waals surface area (Å²) >= 11 is 6.23. The van der Waals surface area contributed by atoms with Crippen molar-refractivity contribution in [2.75, 3.05) is 0 Å².